The number of fused-ring (bicyclic) bond motifs is 1. The predicted octanol–water partition coefficient (Wildman–Crippen LogP) is 2.57. The Morgan fingerprint density at radius 3 is 2.73 bits per heavy atom. The number of esters is 1. The molecule has 1 heterocycles. The van der Waals surface area contributed by atoms with Gasteiger partial charge in [-0.25, -0.2) is 4.79 Å². The van der Waals surface area contributed by atoms with E-state index in [1.54, 1.807) is 6.07 Å². The second-order valence-electron chi connectivity index (χ2n) is 3.59. The molecule has 0 aliphatic rings. The second kappa shape index (κ2) is 3.42. The summed E-state index contributed by atoms with van der Waals surface area (Å²) in [5.74, 6) is -0.304. The first kappa shape index (κ1) is 9.77. The summed E-state index contributed by atoms with van der Waals surface area (Å²) in [4.78, 5) is 14.7. The number of benzene rings is 1. The van der Waals surface area contributed by atoms with E-state index < -0.39 is 0 Å². The Kier molecular flexibility index (Phi) is 2.23. The lowest BCUT2D eigenvalue weighted by Gasteiger charge is -2.00. The van der Waals surface area contributed by atoms with Gasteiger partial charge in [0.25, 0.3) is 0 Å². The van der Waals surface area contributed by atoms with Gasteiger partial charge in [-0.1, -0.05) is 12.1 Å². The Balaban J connectivity index is 2.77. The summed E-state index contributed by atoms with van der Waals surface area (Å²) in [5, 5.41) is 1.08. The smallest absolute Gasteiger partial charge is 0.339 e. The lowest BCUT2D eigenvalue weighted by molar-refractivity contribution is 0.0603. The van der Waals surface area contributed by atoms with Crippen molar-refractivity contribution in [2.75, 3.05) is 7.11 Å². The predicted molar refractivity (Wildman–Crippen MR) is 59.1 cm³/mol. The third kappa shape index (κ3) is 1.40. The van der Waals surface area contributed by atoms with Crippen molar-refractivity contribution in [1.82, 2.24) is 4.98 Å². The summed E-state index contributed by atoms with van der Waals surface area (Å²) >= 11 is 0. The van der Waals surface area contributed by atoms with Crippen molar-refractivity contribution in [2.45, 2.75) is 13.8 Å². The maximum atomic E-state index is 11.5. The number of carbonyl (C=O) groups excluding carboxylic acids is 1. The standard InChI is InChI=1S/C12H13NO2/c1-7-8(2)13-11-9(7)5-4-6-10(11)12(14)15-3/h4-6,13H,1-3H3. The molecule has 0 radical (unpaired) electrons. The minimum atomic E-state index is -0.304. The summed E-state index contributed by atoms with van der Waals surface area (Å²) in [6, 6.07) is 5.64. The highest BCUT2D eigenvalue weighted by molar-refractivity contribution is 6.04. The van der Waals surface area contributed by atoms with E-state index in [-0.39, 0.29) is 5.97 Å². The highest BCUT2D eigenvalue weighted by Crippen LogP contribution is 2.24. The molecule has 1 N–H and O–H groups in total. The Morgan fingerprint density at radius 2 is 2.07 bits per heavy atom. The highest BCUT2D eigenvalue weighted by atomic mass is 16.5. The number of hydrogen-bond acceptors (Lipinski definition) is 2. The van der Waals surface area contributed by atoms with E-state index in [4.69, 9.17) is 4.74 Å². The summed E-state index contributed by atoms with van der Waals surface area (Å²) < 4.78 is 4.73. The van der Waals surface area contributed by atoms with Gasteiger partial charge in [0.1, 0.15) is 0 Å². The molecule has 0 saturated heterocycles. The Bertz CT molecular complexity index is 526. The average Bonchev–Trinajstić information content (AvgIpc) is 2.54. The molecule has 3 heteroatoms. The molecule has 0 aliphatic carbocycles. The molecular formula is C12H13NO2. The van der Waals surface area contributed by atoms with Crippen LogP contribution in [0, 0.1) is 13.8 Å². The fraction of sp³-hybridized carbons (Fsp3) is 0.250. The van der Waals surface area contributed by atoms with E-state index in [0.717, 1.165) is 16.6 Å². The first-order chi connectivity index (χ1) is 7.15. The van der Waals surface area contributed by atoms with E-state index in [2.05, 4.69) is 4.98 Å². The molecule has 0 spiro atoms. The normalized spacial score (nSPS) is 10.6. The van der Waals surface area contributed by atoms with Gasteiger partial charge in [-0.15, -0.1) is 0 Å². The molecule has 0 aliphatic heterocycles. The van der Waals surface area contributed by atoms with Crippen molar-refractivity contribution < 1.29 is 9.53 Å². The molecule has 3 nitrogen and oxygen atoms in total. The zero-order chi connectivity index (χ0) is 11.0. The van der Waals surface area contributed by atoms with Gasteiger partial charge >= 0.3 is 5.97 Å². The SMILES string of the molecule is COC(=O)c1cccc2c(C)c(C)[nH]c12. The summed E-state index contributed by atoms with van der Waals surface area (Å²) in [7, 11) is 1.39. The number of H-pyrrole nitrogens is 1. The van der Waals surface area contributed by atoms with Crippen LogP contribution in [0.2, 0.25) is 0 Å². The van der Waals surface area contributed by atoms with Crippen molar-refractivity contribution in [1.29, 1.82) is 0 Å². The number of methoxy groups -OCH3 is 1. The van der Waals surface area contributed by atoms with Crippen LogP contribution < -0.4 is 0 Å². The van der Waals surface area contributed by atoms with Crippen LogP contribution >= 0.6 is 0 Å². The zero-order valence-corrected chi connectivity index (χ0v) is 9.05. The highest BCUT2D eigenvalue weighted by Gasteiger charge is 2.13. The number of ether oxygens (including phenoxy) is 1. The molecule has 15 heavy (non-hydrogen) atoms. The van der Waals surface area contributed by atoms with Crippen LogP contribution in [-0.2, 0) is 4.74 Å². The van der Waals surface area contributed by atoms with E-state index >= 15 is 0 Å². The molecule has 0 saturated carbocycles. The molecule has 2 rings (SSSR count). The van der Waals surface area contributed by atoms with E-state index in [9.17, 15) is 4.79 Å². The molecule has 2 aromatic rings. The molecule has 1 aromatic carbocycles. The maximum Gasteiger partial charge on any atom is 0.339 e. The fourth-order valence-electron chi connectivity index (χ4n) is 1.76. The van der Waals surface area contributed by atoms with Gasteiger partial charge in [-0.05, 0) is 25.5 Å². The van der Waals surface area contributed by atoms with Crippen LogP contribution in [0.15, 0.2) is 18.2 Å². The number of para-hydroxylation sites is 1. The maximum absolute atomic E-state index is 11.5. The molecule has 1 aromatic heterocycles. The fourth-order valence-corrected chi connectivity index (χ4v) is 1.76. The van der Waals surface area contributed by atoms with Crippen molar-refractivity contribution in [3.05, 3.63) is 35.0 Å². The van der Waals surface area contributed by atoms with Crippen LogP contribution in [0.5, 0.6) is 0 Å². The lowest BCUT2D eigenvalue weighted by Crippen LogP contribution is -2.01. The van der Waals surface area contributed by atoms with Crippen LogP contribution in [0.25, 0.3) is 10.9 Å². The van der Waals surface area contributed by atoms with E-state index in [1.807, 2.05) is 26.0 Å². The number of aryl methyl sites for hydroxylation is 2. The van der Waals surface area contributed by atoms with E-state index in [1.165, 1.54) is 12.7 Å². The lowest BCUT2D eigenvalue weighted by atomic mass is 10.1. The summed E-state index contributed by atoms with van der Waals surface area (Å²) in [6.45, 7) is 4.03. The number of nitrogens with one attached hydrogen (secondary N) is 1. The zero-order valence-electron chi connectivity index (χ0n) is 9.05. The van der Waals surface area contributed by atoms with Crippen LogP contribution in [-0.4, -0.2) is 18.1 Å². The molecule has 0 atom stereocenters. The minimum absolute atomic E-state index is 0.304. The Labute approximate surface area is 88.1 Å². The monoisotopic (exact) mass is 203 g/mol. The quantitative estimate of drug-likeness (QED) is 0.724. The van der Waals surface area contributed by atoms with Crippen LogP contribution in [0.1, 0.15) is 21.6 Å². The molecule has 0 amide bonds. The first-order valence-corrected chi connectivity index (χ1v) is 4.81. The number of carbonyl (C=O) groups is 1. The van der Waals surface area contributed by atoms with Crippen molar-refractivity contribution in [2.24, 2.45) is 0 Å². The van der Waals surface area contributed by atoms with Gasteiger partial charge in [-0.3, -0.25) is 0 Å². The molecular weight excluding hydrogens is 190 g/mol. The second-order valence-corrected chi connectivity index (χ2v) is 3.59. The third-order valence-electron chi connectivity index (χ3n) is 2.75. The van der Waals surface area contributed by atoms with Gasteiger partial charge in [0.2, 0.25) is 0 Å². The van der Waals surface area contributed by atoms with Gasteiger partial charge in [0, 0.05) is 11.1 Å². The van der Waals surface area contributed by atoms with Gasteiger partial charge in [0.05, 0.1) is 18.2 Å². The van der Waals surface area contributed by atoms with Crippen LogP contribution in [0.4, 0.5) is 0 Å². The topological polar surface area (TPSA) is 42.1 Å². The number of aromatic amines is 1. The molecule has 78 valence electrons. The van der Waals surface area contributed by atoms with Crippen molar-refractivity contribution >= 4 is 16.9 Å². The van der Waals surface area contributed by atoms with Crippen molar-refractivity contribution in [3.8, 4) is 0 Å². The molecule has 0 bridgehead atoms. The average molecular weight is 203 g/mol. The van der Waals surface area contributed by atoms with Gasteiger partial charge in [-0.2, -0.15) is 0 Å². The number of rotatable bonds is 1. The number of aromatic nitrogens is 1. The van der Waals surface area contributed by atoms with Gasteiger partial charge in [0.15, 0.2) is 0 Å². The Morgan fingerprint density at radius 1 is 1.33 bits per heavy atom. The minimum Gasteiger partial charge on any atom is -0.465 e. The van der Waals surface area contributed by atoms with Gasteiger partial charge < -0.3 is 9.72 Å². The van der Waals surface area contributed by atoms with Crippen molar-refractivity contribution in [3.63, 3.8) is 0 Å². The Hall–Kier alpha value is -1.77. The summed E-state index contributed by atoms with van der Waals surface area (Å²) in [6.07, 6.45) is 0. The van der Waals surface area contributed by atoms with Crippen LogP contribution in [0.3, 0.4) is 0 Å². The largest absolute Gasteiger partial charge is 0.465 e. The number of hydrogen-bond donors (Lipinski definition) is 1. The van der Waals surface area contributed by atoms with E-state index in [0.29, 0.717) is 5.56 Å². The third-order valence-corrected chi connectivity index (χ3v) is 2.75. The summed E-state index contributed by atoms with van der Waals surface area (Å²) in [5.41, 5.74) is 3.71. The molecule has 0 unspecified atom stereocenters. The first-order valence-electron chi connectivity index (χ1n) is 4.81. The molecule has 0 fully saturated rings.